The molecule has 0 spiro atoms. The Morgan fingerprint density at radius 3 is 2.62 bits per heavy atom. The predicted octanol–water partition coefficient (Wildman–Crippen LogP) is 2.59. The summed E-state index contributed by atoms with van der Waals surface area (Å²) in [6.07, 6.45) is 0. The summed E-state index contributed by atoms with van der Waals surface area (Å²) in [6.45, 7) is 0.487. The highest BCUT2D eigenvalue weighted by atomic mass is 16.4. The van der Waals surface area contributed by atoms with Gasteiger partial charge in [-0.3, -0.25) is 0 Å². The highest BCUT2D eigenvalue weighted by Crippen LogP contribution is 2.20. The number of hydrogen-bond acceptors (Lipinski definition) is 4. The van der Waals surface area contributed by atoms with Gasteiger partial charge in [-0.15, -0.1) is 5.10 Å². The quantitative estimate of drug-likeness (QED) is 0.528. The van der Waals surface area contributed by atoms with Crippen molar-refractivity contribution in [3.8, 4) is 0 Å². The zero-order valence-corrected chi connectivity index (χ0v) is 11.1. The molecular formula is C16H11N3O2. The maximum absolute atomic E-state index is 12.2. The van der Waals surface area contributed by atoms with Gasteiger partial charge in [0.2, 0.25) is 0 Å². The first-order valence-corrected chi connectivity index (χ1v) is 6.62. The van der Waals surface area contributed by atoms with Crippen LogP contribution in [0.3, 0.4) is 0 Å². The summed E-state index contributed by atoms with van der Waals surface area (Å²) in [5, 5.41) is 9.06. The molecule has 0 radical (unpaired) electrons. The van der Waals surface area contributed by atoms with Crippen LogP contribution in [-0.2, 0) is 6.54 Å². The summed E-state index contributed by atoms with van der Waals surface area (Å²) in [6, 6.07) is 17.2. The zero-order valence-electron chi connectivity index (χ0n) is 11.1. The van der Waals surface area contributed by atoms with Crippen molar-refractivity contribution in [3.63, 3.8) is 0 Å². The summed E-state index contributed by atoms with van der Waals surface area (Å²) < 4.78 is 6.94. The maximum Gasteiger partial charge on any atom is 0.364 e. The van der Waals surface area contributed by atoms with Crippen molar-refractivity contribution in [2.45, 2.75) is 6.54 Å². The van der Waals surface area contributed by atoms with E-state index in [-0.39, 0.29) is 0 Å². The van der Waals surface area contributed by atoms with Crippen LogP contribution in [0.25, 0.3) is 22.0 Å². The van der Waals surface area contributed by atoms with Gasteiger partial charge in [0, 0.05) is 5.39 Å². The molecule has 0 N–H and O–H groups in total. The van der Waals surface area contributed by atoms with Crippen LogP contribution >= 0.6 is 0 Å². The molecule has 0 atom stereocenters. The van der Waals surface area contributed by atoms with Crippen LogP contribution in [0.2, 0.25) is 0 Å². The lowest BCUT2D eigenvalue weighted by atomic mass is 10.2. The highest BCUT2D eigenvalue weighted by Gasteiger charge is 2.14. The van der Waals surface area contributed by atoms with Crippen molar-refractivity contribution in [1.29, 1.82) is 0 Å². The Labute approximate surface area is 119 Å². The van der Waals surface area contributed by atoms with Gasteiger partial charge in [-0.1, -0.05) is 47.7 Å². The third-order valence-corrected chi connectivity index (χ3v) is 3.45. The van der Waals surface area contributed by atoms with Crippen LogP contribution in [0.4, 0.5) is 0 Å². The predicted molar refractivity (Wildman–Crippen MR) is 79.1 cm³/mol. The topological polar surface area (TPSA) is 60.9 Å². The Balaban J connectivity index is 1.96. The first-order chi connectivity index (χ1) is 10.3. The Hall–Kier alpha value is -2.95. The molecule has 0 saturated heterocycles. The average Bonchev–Trinajstić information content (AvgIpc) is 2.93. The molecule has 2 heterocycles. The van der Waals surface area contributed by atoms with Crippen molar-refractivity contribution in [1.82, 2.24) is 15.0 Å². The molecule has 2 aromatic carbocycles. The molecule has 4 aromatic rings. The molecule has 0 unspecified atom stereocenters. The summed E-state index contributed by atoms with van der Waals surface area (Å²) in [7, 11) is 0. The lowest BCUT2D eigenvalue weighted by Gasteiger charge is -2.02. The molecule has 0 aliphatic heterocycles. The summed E-state index contributed by atoms with van der Waals surface area (Å²) in [4.78, 5) is 12.2. The van der Waals surface area contributed by atoms with E-state index in [0.29, 0.717) is 23.2 Å². The number of fused-ring (bicyclic) bond motifs is 3. The van der Waals surface area contributed by atoms with Crippen LogP contribution < -0.4 is 5.63 Å². The Bertz CT molecular complexity index is 987. The monoisotopic (exact) mass is 277 g/mol. The molecule has 102 valence electrons. The third kappa shape index (κ3) is 1.90. The molecule has 0 saturated carbocycles. The second-order valence-electron chi connectivity index (χ2n) is 4.82. The molecule has 4 rings (SSSR count). The van der Waals surface area contributed by atoms with Gasteiger partial charge in [0.05, 0.1) is 6.54 Å². The fraction of sp³-hybridized carbons (Fsp3) is 0.0625. The van der Waals surface area contributed by atoms with Gasteiger partial charge < -0.3 is 4.42 Å². The number of aromatic nitrogens is 3. The van der Waals surface area contributed by atoms with E-state index in [2.05, 4.69) is 10.3 Å². The smallest absolute Gasteiger partial charge is 0.364 e. The lowest BCUT2D eigenvalue weighted by molar-refractivity contribution is 0.559. The van der Waals surface area contributed by atoms with E-state index in [1.807, 2.05) is 48.5 Å². The van der Waals surface area contributed by atoms with Crippen LogP contribution in [-0.4, -0.2) is 15.0 Å². The van der Waals surface area contributed by atoms with E-state index in [0.717, 1.165) is 10.9 Å². The largest absolute Gasteiger partial charge is 0.421 e. The Morgan fingerprint density at radius 2 is 1.76 bits per heavy atom. The fourth-order valence-electron chi connectivity index (χ4n) is 2.46. The SMILES string of the molecule is O=c1oc2ccccc2c2nnn(Cc3ccccc3)c12. The minimum atomic E-state index is -0.412. The number of benzene rings is 2. The van der Waals surface area contributed by atoms with E-state index >= 15 is 0 Å². The fourth-order valence-corrected chi connectivity index (χ4v) is 2.46. The van der Waals surface area contributed by atoms with E-state index in [4.69, 9.17) is 4.42 Å². The van der Waals surface area contributed by atoms with Crippen LogP contribution in [0, 0.1) is 0 Å². The van der Waals surface area contributed by atoms with Crippen LogP contribution in [0.15, 0.2) is 63.8 Å². The number of nitrogens with zero attached hydrogens (tertiary/aromatic N) is 3. The molecular weight excluding hydrogens is 266 g/mol. The highest BCUT2D eigenvalue weighted by molar-refractivity contribution is 6.00. The van der Waals surface area contributed by atoms with Crippen LogP contribution in [0.5, 0.6) is 0 Å². The molecule has 5 nitrogen and oxygen atoms in total. The van der Waals surface area contributed by atoms with Crippen molar-refractivity contribution in [2.24, 2.45) is 0 Å². The Kier molecular flexibility index (Phi) is 2.57. The number of rotatable bonds is 2. The Morgan fingerprint density at radius 1 is 1.00 bits per heavy atom. The molecule has 0 aliphatic carbocycles. The van der Waals surface area contributed by atoms with E-state index in [1.165, 1.54) is 0 Å². The molecule has 5 heteroatoms. The maximum atomic E-state index is 12.2. The van der Waals surface area contributed by atoms with E-state index in [1.54, 1.807) is 10.7 Å². The van der Waals surface area contributed by atoms with Crippen molar-refractivity contribution >= 4 is 22.0 Å². The summed E-state index contributed by atoms with van der Waals surface area (Å²) in [5.41, 5.74) is 2.15. The van der Waals surface area contributed by atoms with Crippen molar-refractivity contribution < 1.29 is 4.42 Å². The number of para-hydroxylation sites is 1. The van der Waals surface area contributed by atoms with Gasteiger partial charge in [0.15, 0.2) is 5.52 Å². The third-order valence-electron chi connectivity index (χ3n) is 3.45. The van der Waals surface area contributed by atoms with Gasteiger partial charge in [-0.2, -0.15) is 0 Å². The van der Waals surface area contributed by atoms with Gasteiger partial charge in [-0.05, 0) is 17.7 Å². The first-order valence-electron chi connectivity index (χ1n) is 6.62. The molecule has 0 amide bonds. The number of hydrogen-bond donors (Lipinski definition) is 0. The molecule has 2 aromatic heterocycles. The molecule has 0 fully saturated rings. The normalized spacial score (nSPS) is 11.2. The van der Waals surface area contributed by atoms with E-state index in [9.17, 15) is 4.79 Å². The minimum absolute atomic E-state index is 0.401. The lowest BCUT2D eigenvalue weighted by Crippen LogP contribution is -2.09. The van der Waals surface area contributed by atoms with Crippen LogP contribution in [0.1, 0.15) is 5.56 Å². The van der Waals surface area contributed by atoms with Gasteiger partial charge >= 0.3 is 5.63 Å². The second-order valence-corrected chi connectivity index (χ2v) is 4.82. The summed E-state index contributed by atoms with van der Waals surface area (Å²) in [5.74, 6) is 0. The average molecular weight is 277 g/mol. The van der Waals surface area contributed by atoms with Gasteiger partial charge in [0.1, 0.15) is 11.1 Å². The minimum Gasteiger partial charge on any atom is -0.421 e. The zero-order chi connectivity index (χ0) is 14.2. The van der Waals surface area contributed by atoms with E-state index < -0.39 is 5.63 Å². The molecule has 0 aliphatic rings. The van der Waals surface area contributed by atoms with Gasteiger partial charge in [0.25, 0.3) is 0 Å². The van der Waals surface area contributed by atoms with Gasteiger partial charge in [-0.25, -0.2) is 9.48 Å². The van der Waals surface area contributed by atoms with Crippen molar-refractivity contribution in [2.75, 3.05) is 0 Å². The van der Waals surface area contributed by atoms with Crippen molar-refractivity contribution in [3.05, 3.63) is 70.6 Å². The summed E-state index contributed by atoms with van der Waals surface area (Å²) >= 11 is 0. The standard InChI is InChI=1S/C16H11N3O2/c20-16-15-14(12-8-4-5-9-13(12)21-16)17-18-19(15)10-11-6-2-1-3-7-11/h1-9H,10H2. The molecule has 21 heavy (non-hydrogen) atoms. The molecule has 0 bridgehead atoms. The second kappa shape index (κ2) is 4.56. The first kappa shape index (κ1) is 11.8.